The largest absolute Gasteiger partial charge is 0.312 e. The van der Waals surface area contributed by atoms with E-state index >= 15 is 0 Å². The number of nitrogens with one attached hydrogen (secondary N) is 1. The first-order valence-electron chi connectivity index (χ1n) is 4.43. The van der Waals surface area contributed by atoms with E-state index in [-0.39, 0.29) is 5.75 Å². The van der Waals surface area contributed by atoms with Crippen LogP contribution in [0.1, 0.15) is 6.92 Å². The first kappa shape index (κ1) is 10.9. The lowest BCUT2D eigenvalue weighted by Gasteiger charge is -2.31. The Hall–Kier alpha value is -0.170. The second kappa shape index (κ2) is 4.36. The number of sulfonamides is 1. The molecule has 0 aromatic heterocycles. The predicted octanol–water partition coefficient (Wildman–Crippen LogP) is -1.43. The Morgan fingerprint density at radius 3 is 2.85 bits per heavy atom. The van der Waals surface area contributed by atoms with Gasteiger partial charge in [0.15, 0.2) is 0 Å². The molecule has 1 fully saturated rings. The SMILES string of the molecule is C[C@H]1CN(CCS(N)(=O)=O)CCN1. The van der Waals surface area contributed by atoms with Gasteiger partial charge in [0.05, 0.1) is 5.75 Å². The smallest absolute Gasteiger partial charge is 0.210 e. The fourth-order valence-electron chi connectivity index (χ4n) is 1.47. The Morgan fingerprint density at radius 1 is 1.62 bits per heavy atom. The molecule has 0 spiro atoms. The normalized spacial score (nSPS) is 26.2. The Kier molecular flexibility index (Phi) is 3.66. The first-order chi connectivity index (χ1) is 5.97. The van der Waals surface area contributed by atoms with E-state index in [0.717, 1.165) is 19.6 Å². The van der Waals surface area contributed by atoms with Gasteiger partial charge >= 0.3 is 0 Å². The summed E-state index contributed by atoms with van der Waals surface area (Å²) < 4.78 is 21.4. The van der Waals surface area contributed by atoms with E-state index in [1.165, 1.54) is 0 Å². The second-order valence-electron chi connectivity index (χ2n) is 3.52. The third-order valence-electron chi connectivity index (χ3n) is 2.14. The second-order valence-corrected chi connectivity index (χ2v) is 5.26. The lowest BCUT2D eigenvalue weighted by Crippen LogP contribution is -2.50. The van der Waals surface area contributed by atoms with Gasteiger partial charge < -0.3 is 5.32 Å². The summed E-state index contributed by atoms with van der Waals surface area (Å²) in [5, 5.41) is 8.20. The number of piperazine rings is 1. The van der Waals surface area contributed by atoms with E-state index in [1.807, 2.05) is 0 Å². The number of primary sulfonamides is 1. The van der Waals surface area contributed by atoms with Crippen LogP contribution in [0.2, 0.25) is 0 Å². The number of nitrogens with zero attached hydrogens (tertiary/aromatic N) is 1. The van der Waals surface area contributed by atoms with Crippen LogP contribution < -0.4 is 10.5 Å². The molecule has 3 N–H and O–H groups in total. The summed E-state index contributed by atoms with van der Waals surface area (Å²) >= 11 is 0. The molecule has 1 aliphatic heterocycles. The van der Waals surface area contributed by atoms with Crippen LogP contribution in [-0.4, -0.2) is 51.3 Å². The van der Waals surface area contributed by atoms with Crippen LogP contribution in [0.4, 0.5) is 0 Å². The molecule has 0 bridgehead atoms. The minimum atomic E-state index is -3.30. The quantitative estimate of drug-likeness (QED) is 0.595. The molecule has 0 radical (unpaired) electrons. The molecule has 0 amide bonds. The molecule has 5 nitrogen and oxygen atoms in total. The molecule has 0 aliphatic carbocycles. The van der Waals surface area contributed by atoms with Gasteiger partial charge in [0, 0.05) is 32.2 Å². The summed E-state index contributed by atoms with van der Waals surface area (Å²) in [6.45, 7) is 5.36. The third-order valence-corrected chi connectivity index (χ3v) is 2.90. The van der Waals surface area contributed by atoms with Crippen molar-refractivity contribution in [3.8, 4) is 0 Å². The van der Waals surface area contributed by atoms with Crippen molar-refractivity contribution < 1.29 is 8.42 Å². The fraction of sp³-hybridized carbons (Fsp3) is 1.00. The Bertz CT molecular complexity index is 252. The summed E-state index contributed by atoms with van der Waals surface area (Å²) in [5.74, 6) is 0.0553. The van der Waals surface area contributed by atoms with Gasteiger partial charge in [0.1, 0.15) is 0 Å². The van der Waals surface area contributed by atoms with Crippen LogP contribution in [0.5, 0.6) is 0 Å². The summed E-state index contributed by atoms with van der Waals surface area (Å²) in [5.41, 5.74) is 0. The van der Waals surface area contributed by atoms with Crippen LogP contribution in [0.25, 0.3) is 0 Å². The van der Waals surface area contributed by atoms with Crippen molar-refractivity contribution in [3.05, 3.63) is 0 Å². The lowest BCUT2D eigenvalue weighted by atomic mass is 10.2. The minimum absolute atomic E-state index is 0.0553. The maximum atomic E-state index is 10.7. The molecule has 0 aromatic carbocycles. The van der Waals surface area contributed by atoms with E-state index in [1.54, 1.807) is 0 Å². The Balaban J connectivity index is 2.29. The number of hydrogen-bond donors (Lipinski definition) is 2. The molecule has 13 heavy (non-hydrogen) atoms. The zero-order valence-electron chi connectivity index (χ0n) is 7.86. The standard InChI is InChI=1S/C7H17N3O2S/c1-7-6-10(3-2-9-7)4-5-13(8,11)12/h7,9H,2-6H2,1H3,(H2,8,11,12)/t7-/m0/s1. The summed E-state index contributed by atoms with van der Waals surface area (Å²) in [7, 11) is -3.30. The topological polar surface area (TPSA) is 75.4 Å². The van der Waals surface area contributed by atoms with Crippen LogP contribution in [-0.2, 0) is 10.0 Å². The third kappa shape index (κ3) is 4.56. The zero-order valence-corrected chi connectivity index (χ0v) is 8.68. The highest BCUT2D eigenvalue weighted by molar-refractivity contribution is 7.89. The van der Waals surface area contributed by atoms with Crippen molar-refractivity contribution in [2.45, 2.75) is 13.0 Å². The molecule has 1 aliphatic rings. The summed E-state index contributed by atoms with van der Waals surface area (Å²) in [6, 6.07) is 0.439. The highest BCUT2D eigenvalue weighted by Gasteiger charge is 2.16. The van der Waals surface area contributed by atoms with E-state index in [0.29, 0.717) is 12.6 Å². The molecule has 78 valence electrons. The van der Waals surface area contributed by atoms with Crippen molar-refractivity contribution in [1.82, 2.24) is 10.2 Å². The van der Waals surface area contributed by atoms with Gasteiger partial charge in [-0.05, 0) is 6.92 Å². The van der Waals surface area contributed by atoms with Gasteiger partial charge in [-0.25, -0.2) is 13.6 Å². The number of rotatable bonds is 3. The van der Waals surface area contributed by atoms with Gasteiger partial charge in [-0.3, -0.25) is 4.90 Å². The van der Waals surface area contributed by atoms with Gasteiger partial charge in [-0.2, -0.15) is 0 Å². The molecule has 6 heteroatoms. The molecule has 1 atom stereocenters. The van der Waals surface area contributed by atoms with Crippen molar-refractivity contribution in [3.63, 3.8) is 0 Å². The maximum Gasteiger partial charge on any atom is 0.210 e. The molecule has 1 saturated heterocycles. The molecule has 0 unspecified atom stereocenters. The van der Waals surface area contributed by atoms with Gasteiger partial charge in [0.25, 0.3) is 0 Å². The highest BCUT2D eigenvalue weighted by Crippen LogP contribution is 1.98. The van der Waals surface area contributed by atoms with Crippen molar-refractivity contribution in [2.24, 2.45) is 5.14 Å². The summed E-state index contributed by atoms with van der Waals surface area (Å²) in [6.07, 6.45) is 0. The molecule has 1 rings (SSSR count). The average Bonchev–Trinajstić information content (AvgIpc) is 2.00. The fourth-order valence-corrected chi connectivity index (χ4v) is 1.98. The van der Waals surface area contributed by atoms with E-state index in [2.05, 4.69) is 17.1 Å². The Labute approximate surface area is 79.3 Å². The van der Waals surface area contributed by atoms with E-state index < -0.39 is 10.0 Å². The van der Waals surface area contributed by atoms with Crippen molar-refractivity contribution >= 4 is 10.0 Å². The van der Waals surface area contributed by atoms with Crippen LogP contribution in [0.15, 0.2) is 0 Å². The van der Waals surface area contributed by atoms with Gasteiger partial charge in [-0.15, -0.1) is 0 Å². The first-order valence-corrected chi connectivity index (χ1v) is 6.15. The molecular formula is C7H17N3O2S. The van der Waals surface area contributed by atoms with Crippen LogP contribution in [0, 0.1) is 0 Å². The van der Waals surface area contributed by atoms with Gasteiger partial charge in [0.2, 0.25) is 10.0 Å². The van der Waals surface area contributed by atoms with Crippen molar-refractivity contribution in [1.29, 1.82) is 0 Å². The molecular weight excluding hydrogens is 190 g/mol. The highest BCUT2D eigenvalue weighted by atomic mass is 32.2. The molecule has 1 heterocycles. The number of nitrogens with two attached hydrogens (primary N) is 1. The molecule has 0 aromatic rings. The van der Waals surface area contributed by atoms with Crippen LogP contribution in [0.3, 0.4) is 0 Å². The monoisotopic (exact) mass is 207 g/mol. The lowest BCUT2D eigenvalue weighted by molar-refractivity contribution is 0.217. The average molecular weight is 207 g/mol. The minimum Gasteiger partial charge on any atom is -0.312 e. The zero-order chi connectivity index (χ0) is 9.90. The maximum absolute atomic E-state index is 10.7. The van der Waals surface area contributed by atoms with Gasteiger partial charge in [-0.1, -0.05) is 0 Å². The Morgan fingerprint density at radius 2 is 2.31 bits per heavy atom. The summed E-state index contributed by atoms with van der Waals surface area (Å²) in [4.78, 5) is 2.12. The number of hydrogen-bond acceptors (Lipinski definition) is 4. The van der Waals surface area contributed by atoms with Crippen LogP contribution >= 0.6 is 0 Å². The van der Waals surface area contributed by atoms with E-state index in [9.17, 15) is 8.42 Å². The molecule has 0 saturated carbocycles. The van der Waals surface area contributed by atoms with E-state index in [4.69, 9.17) is 5.14 Å². The van der Waals surface area contributed by atoms with Crippen molar-refractivity contribution in [2.75, 3.05) is 31.9 Å². The predicted molar refractivity (Wildman–Crippen MR) is 51.9 cm³/mol.